The molecule has 10 nitrogen and oxygen atoms in total. The minimum absolute atomic E-state index is 0. The molecule has 10 heteroatoms. The number of aliphatic carboxylic acids is 2. The van der Waals surface area contributed by atoms with Crippen LogP contribution in [-0.2, 0) is 27.2 Å². The van der Waals surface area contributed by atoms with Crippen LogP contribution in [0.5, 0.6) is 0 Å². The van der Waals surface area contributed by atoms with Crippen molar-refractivity contribution in [1.29, 1.82) is 0 Å². The van der Waals surface area contributed by atoms with E-state index >= 15 is 0 Å². The number of carboxylic acid groups (broad SMARTS) is 2. The largest absolute Gasteiger partial charge is 0.473 e. The van der Waals surface area contributed by atoms with E-state index in [1.54, 1.807) is 0 Å². The van der Waals surface area contributed by atoms with Crippen LogP contribution in [0.2, 0.25) is 0 Å². The van der Waals surface area contributed by atoms with Crippen LogP contribution in [0.4, 0.5) is 11.4 Å². The first-order valence-corrected chi connectivity index (χ1v) is 13.4. The van der Waals surface area contributed by atoms with Crippen LogP contribution in [-0.4, -0.2) is 96.2 Å². The van der Waals surface area contributed by atoms with Gasteiger partial charge in [-0.05, 0) is 68.5 Å². The fourth-order valence-electron chi connectivity index (χ4n) is 4.95. The van der Waals surface area contributed by atoms with Crippen LogP contribution >= 0.6 is 0 Å². The first kappa shape index (κ1) is 31.7. The lowest BCUT2D eigenvalue weighted by Gasteiger charge is -2.28. The molecule has 1 fully saturated rings. The number of carbonyl (C=O) groups is 3. The number of likely N-dealkylation sites (tertiary alicyclic amines) is 1. The fraction of sp³-hybridized carbons (Fsp3) is 0.483. The predicted octanol–water partition coefficient (Wildman–Crippen LogP) is 2.18. The summed E-state index contributed by atoms with van der Waals surface area (Å²) in [5.41, 5.74) is 5.44. The molecule has 2 aliphatic heterocycles. The van der Waals surface area contributed by atoms with E-state index in [1.165, 1.54) is 54.9 Å². The van der Waals surface area contributed by atoms with Gasteiger partial charge in [-0.15, -0.1) is 0 Å². The zero-order valence-corrected chi connectivity index (χ0v) is 22.8. The molecule has 1 amide bonds. The molecule has 214 valence electrons. The highest BCUT2D eigenvalue weighted by molar-refractivity contribution is 6.27. The Labute approximate surface area is 230 Å². The van der Waals surface area contributed by atoms with Gasteiger partial charge in [0, 0.05) is 44.6 Å². The number of piperidine rings is 1. The molecule has 4 rings (SSSR count). The van der Waals surface area contributed by atoms with Gasteiger partial charge >= 0.3 is 11.9 Å². The molecule has 1 saturated heterocycles. The molecule has 0 aliphatic carbocycles. The van der Waals surface area contributed by atoms with E-state index in [2.05, 4.69) is 63.6 Å². The summed E-state index contributed by atoms with van der Waals surface area (Å²) in [6, 6.07) is 17.5. The molecule has 0 saturated carbocycles. The van der Waals surface area contributed by atoms with Crippen molar-refractivity contribution >= 4 is 29.2 Å². The van der Waals surface area contributed by atoms with Gasteiger partial charge in [0.05, 0.1) is 6.54 Å². The van der Waals surface area contributed by atoms with E-state index in [0.29, 0.717) is 6.54 Å². The third-order valence-electron chi connectivity index (χ3n) is 7.04. The number of fused-ring (bicyclic) bond motifs is 2. The van der Waals surface area contributed by atoms with Crippen molar-refractivity contribution in [3.8, 4) is 0 Å². The standard InChI is InChI=1S/C27H38N4O.C2H2O4.H2O/c1-29(27(32)22-28-16-21-30-18-7-2-8-19-30)17-9-20-31-25-12-5-3-10-23(25)14-15-24-11-4-6-13-26(24)31;3-1(4)2(5)6;/h3-6,10-13,28H,2,7-9,14-22H2,1H3;(H,3,4)(H,5,6);1H2. The number of nitrogens with zero attached hydrogens (tertiary/aromatic N) is 3. The van der Waals surface area contributed by atoms with Gasteiger partial charge < -0.3 is 35.7 Å². The number of aryl methyl sites for hydroxylation is 2. The van der Waals surface area contributed by atoms with E-state index in [0.717, 1.165) is 45.4 Å². The SMILES string of the molecule is CN(CCCN1c2ccccc2CCc2ccccc21)C(=O)CNCCN1CCCCC1.O.O=C(O)C(=O)O. The second-order valence-corrected chi connectivity index (χ2v) is 9.77. The molecule has 2 heterocycles. The van der Waals surface area contributed by atoms with Crippen molar-refractivity contribution in [3.05, 3.63) is 59.7 Å². The number of anilines is 2. The summed E-state index contributed by atoms with van der Waals surface area (Å²) in [6.45, 7) is 6.46. The van der Waals surface area contributed by atoms with Crippen molar-refractivity contribution < 1.29 is 30.1 Å². The quantitative estimate of drug-likeness (QED) is 0.323. The molecule has 0 bridgehead atoms. The third kappa shape index (κ3) is 9.97. The Balaban J connectivity index is 0.000000687. The molecular formula is C29H42N4O6. The predicted molar refractivity (Wildman–Crippen MR) is 152 cm³/mol. The first-order valence-electron chi connectivity index (χ1n) is 13.4. The number of nitrogens with one attached hydrogen (secondary N) is 1. The lowest BCUT2D eigenvalue weighted by atomic mass is 10.0. The molecule has 5 N–H and O–H groups in total. The molecule has 2 aliphatic rings. The van der Waals surface area contributed by atoms with Gasteiger partial charge in [0.25, 0.3) is 0 Å². The molecular weight excluding hydrogens is 500 g/mol. The van der Waals surface area contributed by atoms with Crippen molar-refractivity contribution in [2.75, 3.05) is 57.8 Å². The van der Waals surface area contributed by atoms with Crippen molar-refractivity contribution in [3.63, 3.8) is 0 Å². The Morgan fingerprint density at radius 3 is 1.92 bits per heavy atom. The Morgan fingerprint density at radius 2 is 1.38 bits per heavy atom. The van der Waals surface area contributed by atoms with Crippen LogP contribution in [0.1, 0.15) is 36.8 Å². The van der Waals surface area contributed by atoms with Crippen molar-refractivity contribution in [2.45, 2.75) is 38.5 Å². The summed E-state index contributed by atoms with van der Waals surface area (Å²) < 4.78 is 0. The molecule has 39 heavy (non-hydrogen) atoms. The summed E-state index contributed by atoms with van der Waals surface area (Å²) >= 11 is 0. The number of para-hydroxylation sites is 2. The topological polar surface area (TPSA) is 145 Å². The number of hydrogen-bond acceptors (Lipinski definition) is 6. The number of benzene rings is 2. The summed E-state index contributed by atoms with van der Waals surface area (Å²) in [6.07, 6.45) is 7.08. The highest BCUT2D eigenvalue weighted by Crippen LogP contribution is 2.35. The van der Waals surface area contributed by atoms with Crippen LogP contribution in [0, 0.1) is 0 Å². The molecule has 2 aromatic carbocycles. The fourth-order valence-corrected chi connectivity index (χ4v) is 4.95. The lowest BCUT2D eigenvalue weighted by Crippen LogP contribution is -2.40. The minimum atomic E-state index is -1.82. The number of amides is 1. The molecule has 0 unspecified atom stereocenters. The van der Waals surface area contributed by atoms with Crippen LogP contribution in [0.15, 0.2) is 48.5 Å². The maximum Gasteiger partial charge on any atom is 0.414 e. The van der Waals surface area contributed by atoms with Gasteiger partial charge in [0.1, 0.15) is 0 Å². The van der Waals surface area contributed by atoms with Gasteiger partial charge in [-0.3, -0.25) is 4.79 Å². The summed E-state index contributed by atoms with van der Waals surface area (Å²) in [4.78, 5) is 37.6. The van der Waals surface area contributed by atoms with E-state index in [4.69, 9.17) is 19.8 Å². The van der Waals surface area contributed by atoms with E-state index in [-0.39, 0.29) is 11.4 Å². The maximum absolute atomic E-state index is 12.6. The third-order valence-corrected chi connectivity index (χ3v) is 7.04. The highest BCUT2D eigenvalue weighted by Gasteiger charge is 2.20. The van der Waals surface area contributed by atoms with Gasteiger partial charge in [0.15, 0.2) is 0 Å². The zero-order valence-electron chi connectivity index (χ0n) is 22.8. The minimum Gasteiger partial charge on any atom is -0.473 e. The van der Waals surface area contributed by atoms with Crippen LogP contribution in [0.25, 0.3) is 0 Å². The van der Waals surface area contributed by atoms with Crippen molar-refractivity contribution in [2.24, 2.45) is 0 Å². The summed E-state index contributed by atoms with van der Waals surface area (Å²) in [7, 11) is 1.93. The van der Waals surface area contributed by atoms with Gasteiger partial charge in [-0.1, -0.05) is 42.8 Å². The Kier molecular flexibility index (Phi) is 13.4. The van der Waals surface area contributed by atoms with Gasteiger partial charge in [-0.25, -0.2) is 9.59 Å². The lowest BCUT2D eigenvalue weighted by molar-refractivity contribution is -0.159. The second kappa shape index (κ2) is 16.5. The highest BCUT2D eigenvalue weighted by atomic mass is 16.4. The second-order valence-electron chi connectivity index (χ2n) is 9.77. The summed E-state index contributed by atoms with van der Waals surface area (Å²) in [5, 5.41) is 18.1. The van der Waals surface area contributed by atoms with Gasteiger partial charge in [0.2, 0.25) is 5.91 Å². The average Bonchev–Trinajstić information content (AvgIpc) is 3.09. The number of rotatable bonds is 9. The smallest absolute Gasteiger partial charge is 0.414 e. The number of likely N-dealkylation sites (N-methyl/N-ethyl adjacent to an activating group) is 1. The van der Waals surface area contributed by atoms with Crippen LogP contribution < -0.4 is 10.2 Å². The maximum atomic E-state index is 12.6. The Bertz CT molecular complexity index is 1010. The Morgan fingerprint density at radius 1 is 0.846 bits per heavy atom. The normalized spacial score (nSPS) is 14.4. The molecule has 0 aromatic heterocycles. The summed E-state index contributed by atoms with van der Waals surface area (Å²) in [5.74, 6) is -3.47. The first-order chi connectivity index (χ1) is 18.4. The molecule has 2 aromatic rings. The van der Waals surface area contributed by atoms with E-state index in [1.807, 2.05) is 11.9 Å². The van der Waals surface area contributed by atoms with E-state index in [9.17, 15) is 4.79 Å². The Hall–Kier alpha value is -3.47. The molecule has 0 radical (unpaired) electrons. The zero-order chi connectivity index (χ0) is 27.3. The van der Waals surface area contributed by atoms with Crippen LogP contribution in [0.3, 0.4) is 0 Å². The molecule has 0 spiro atoms. The van der Waals surface area contributed by atoms with E-state index < -0.39 is 11.9 Å². The number of carbonyl (C=O) groups excluding carboxylic acids is 1. The average molecular weight is 543 g/mol. The number of carboxylic acids is 2. The number of hydrogen-bond donors (Lipinski definition) is 3. The monoisotopic (exact) mass is 542 g/mol. The van der Waals surface area contributed by atoms with Crippen molar-refractivity contribution in [1.82, 2.24) is 15.1 Å². The molecule has 0 atom stereocenters. The van der Waals surface area contributed by atoms with Gasteiger partial charge in [-0.2, -0.15) is 0 Å².